The standard InChI is InChI=1S/C18H20ClN3O4S/c1-26-18(23)15-11-16(17(19)20-12-15)27(24,25)22-9-7-21(8-10-22)13-14-5-3-2-4-6-14/h2-6,11-12H,7-10,13H2,1H3. The van der Waals surface area contributed by atoms with Gasteiger partial charge < -0.3 is 4.74 Å². The molecule has 144 valence electrons. The molecule has 0 N–H and O–H groups in total. The van der Waals surface area contributed by atoms with Crippen LogP contribution in [0.25, 0.3) is 0 Å². The Kier molecular flexibility index (Phi) is 6.11. The fourth-order valence-corrected chi connectivity index (χ4v) is 4.81. The lowest BCUT2D eigenvalue weighted by Gasteiger charge is -2.34. The highest BCUT2D eigenvalue weighted by Gasteiger charge is 2.31. The van der Waals surface area contributed by atoms with Gasteiger partial charge in [-0.05, 0) is 11.6 Å². The topological polar surface area (TPSA) is 79.8 Å². The summed E-state index contributed by atoms with van der Waals surface area (Å²) in [5, 5.41) is -0.158. The molecule has 0 atom stereocenters. The lowest BCUT2D eigenvalue weighted by atomic mass is 10.2. The molecular formula is C18H20ClN3O4S. The molecule has 0 saturated carbocycles. The van der Waals surface area contributed by atoms with Crippen molar-refractivity contribution < 1.29 is 17.9 Å². The SMILES string of the molecule is COC(=O)c1cnc(Cl)c(S(=O)(=O)N2CCN(Cc3ccccc3)CC2)c1. The highest BCUT2D eigenvalue weighted by Crippen LogP contribution is 2.25. The molecular weight excluding hydrogens is 390 g/mol. The zero-order valence-electron chi connectivity index (χ0n) is 14.8. The summed E-state index contributed by atoms with van der Waals surface area (Å²) in [4.78, 5) is 17.5. The van der Waals surface area contributed by atoms with Crippen molar-refractivity contribution in [2.24, 2.45) is 0 Å². The quantitative estimate of drug-likeness (QED) is 0.555. The molecule has 1 aliphatic rings. The smallest absolute Gasteiger partial charge is 0.339 e. The van der Waals surface area contributed by atoms with Gasteiger partial charge in [-0.3, -0.25) is 4.90 Å². The number of hydrogen-bond donors (Lipinski definition) is 0. The highest BCUT2D eigenvalue weighted by molar-refractivity contribution is 7.89. The molecule has 0 amide bonds. The number of hydrogen-bond acceptors (Lipinski definition) is 6. The molecule has 0 radical (unpaired) electrons. The molecule has 1 aliphatic heterocycles. The van der Waals surface area contributed by atoms with Crippen molar-refractivity contribution in [1.29, 1.82) is 0 Å². The average molecular weight is 410 g/mol. The van der Waals surface area contributed by atoms with Gasteiger partial charge in [0.05, 0.1) is 12.7 Å². The molecule has 2 aromatic rings. The lowest BCUT2D eigenvalue weighted by molar-refractivity contribution is 0.0600. The average Bonchev–Trinajstić information content (AvgIpc) is 2.69. The van der Waals surface area contributed by atoms with E-state index >= 15 is 0 Å². The zero-order valence-corrected chi connectivity index (χ0v) is 16.4. The van der Waals surface area contributed by atoms with E-state index in [4.69, 9.17) is 11.6 Å². The van der Waals surface area contributed by atoms with Crippen LogP contribution < -0.4 is 0 Å². The van der Waals surface area contributed by atoms with Gasteiger partial charge in [0, 0.05) is 38.9 Å². The Labute approximate surface area is 163 Å². The Balaban J connectivity index is 1.72. The maximum Gasteiger partial charge on any atom is 0.339 e. The first-order valence-electron chi connectivity index (χ1n) is 8.42. The summed E-state index contributed by atoms with van der Waals surface area (Å²) in [7, 11) is -2.63. The Morgan fingerprint density at radius 2 is 1.85 bits per heavy atom. The number of aromatic nitrogens is 1. The normalized spacial score (nSPS) is 16.2. The van der Waals surface area contributed by atoms with Crippen molar-refractivity contribution in [2.75, 3.05) is 33.3 Å². The first-order chi connectivity index (χ1) is 12.9. The molecule has 1 saturated heterocycles. The second kappa shape index (κ2) is 8.35. The van der Waals surface area contributed by atoms with Crippen molar-refractivity contribution in [3.63, 3.8) is 0 Å². The van der Waals surface area contributed by atoms with Crippen LogP contribution in [-0.2, 0) is 21.3 Å². The van der Waals surface area contributed by atoms with Gasteiger partial charge in [0.15, 0.2) is 0 Å². The molecule has 2 heterocycles. The van der Waals surface area contributed by atoms with E-state index in [1.165, 1.54) is 29.2 Å². The maximum absolute atomic E-state index is 13.0. The van der Waals surface area contributed by atoms with E-state index in [0.29, 0.717) is 26.2 Å². The Bertz CT molecular complexity index is 913. The Morgan fingerprint density at radius 3 is 2.48 bits per heavy atom. The molecule has 0 spiro atoms. The highest BCUT2D eigenvalue weighted by atomic mass is 35.5. The number of piperazine rings is 1. The third-order valence-electron chi connectivity index (χ3n) is 4.43. The second-order valence-corrected chi connectivity index (χ2v) is 8.43. The largest absolute Gasteiger partial charge is 0.465 e. The zero-order chi connectivity index (χ0) is 19.4. The Morgan fingerprint density at radius 1 is 1.19 bits per heavy atom. The fourth-order valence-electron chi connectivity index (χ4n) is 2.95. The minimum atomic E-state index is -3.85. The van der Waals surface area contributed by atoms with E-state index in [9.17, 15) is 13.2 Å². The second-order valence-electron chi connectivity index (χ2n) is 6.17. The number of rotatable bonds is 5. The van der Waals surface area contributed by atoms with Crippen LogP contribution in [0.4, 0.5) is 0 Å². The molecule has 1 aromatic heterocycles. The molecule has 1 fully saturated rings. The third kappa shape index (κ3) is 4.47. The molecule has 7 nitrogen and oxygen atoms in total. The molecule has 9 heteroatoms. The summed E-state index contributed by atoms with van der Waals surface area (Å²) in [5.74, 6) is -0.664. The van der Waals surface area contributed by atoms with E-state index < -0.39 is 16.0 Å². The van der Waals surface area contributed by atoms with Crippen LogP contribution in [0.1, 0.15) is 15.9 Å². The first kappa shape index (κ1) is 19.8. The van der Waals surface area contributed by atoms with Crippen molar-refractivity contribution in [3.8, 4) is 0 Å². The molecule has 0 bridgehead atoms. The summed E-state index contributed by atoms with van der Waals surface area (Å²) >= 11 is 6.00. The van der Waals surface area contributed by atoms with E-state index in [1.807, 2.05) is 30.3 Å². The van der Waals surface area contributed by atoms with Gasteiger partial charge in [0.2, 0.25) is 10.0 Å². The third-order valence-corrected chi connectivity index (χ3v) is 6.75. The number of carbonyl (C=O) groups excluding carboxylic acids is 1. The molecule has 3 rings (SSSR count). The van der Waals surface area contributed by atoms with Gasteiger partial charge in [0.25, 0.3) is 0 Å². The number of carbonyl (C=O) groups is 1. The number of methoxy groups -OCH3 is 1. The molecule has 27 heavy (non-hydrogen) atoms. The Hall–Kier alpha value is -2.00. The summed E-state index contributed by atoms with van der Waals surface area (Å²) in [6, 6.07) is 11.2. The van der Waals surface area contributed by atoms with Gasteiger partial charge in [0.1, 0.15) is 10.0 Å². The van der Waals surface area contributed by atoms with E-state index in [0.717, 1.165) is 6.54 Å². The van der Waals surface area contributed by atoms with E-state index in [1.54, 1.807) is 0 Å². The minimum absolute atomic E-state index is 0.0446. The van der Waals surface area contributed by atoms with Crippen LogP contribution in [0.3, 0.4) is 0 Å². The summed E-state index contributed by atoms with van der Waals surface area (Å²) in [6.07, 6.45) is 1.20. The number of ether oxygens (including phenoxy) is 1. The predicted octanol–water partition coefficient (Wildman–Crippen LogP) is 2.03. The number of halogens is 1. The molecule has 0 unspecified atom stereocenters. The van der Waals surface area contributed by atoms with Gasteiger partial charge in [-0.1, -0.05) is 41.9 Å². The van der Waals surface area contributed by atoms with E-state index in [-0.39, 0.29) is 15.6 Å². The van der Waals surface area contributed by atoms with Gasteiger partial charge in [-0.25, -0.2) is 18.2 Å². The van der Waals surface area contributed by atoms with Crippen LogP contribution in [-0.4, -0.2) is 61.9 Å². The molecule has 0 aliphatic carbocycles. The number of pyridine rings is 1. The van der Waals surface area contributed by atoms with Crippen molar-refractivity contribution in [1.82, 2.24) is 14.2 Å². The lowest BCUT2D eigenvalue weighted by Crippen LogP contribution is -2.48. The number of nitrogens with zero attached hydrogens (tertiary/aromatic N) is 3. The first-order valence-corrected chi connectivity index (χ1v) is 10.2. The van der Waals surface area contributed by atoms with Gasteiger partial charge in [-0.2, -0.15) is 4.31 Å². The minimum Gasteiger partial charge on any atom is -0.465 e. The van der Waals surface area contributed by atoms with Crippen molar-refractivity contribution in [3.05, 3.63) is 58.9 Å². The van der Waals surface area contributed by atoms with Crippen LogP contribution in [0.2, 0.25) is 5.15 Å². The fraction of sp³-hybridized carbons (Fsp3) is 0.333. The van der Waals surface area contributed by atoms with Crippen LogP contribution >= 0.6 is 11.6 Å². The molecule has 1 aromatic carbocycles. The van der Waals surface area contributed by atoms with Crippen LogP contribution in [0.15, 0.2) is 47.5 Å². The van der Waals surface area contributed by atoms with Gasteiger partial charge >= 0.3 is 5.97 Å². The number of sulfonamides is 1. The van der Waals surface area contributed by atoms with Gasteiger partial charge in [-0.15, -0.1) is 0 Å². The van der Waals surface area contributed by atoms with Crippen molar-refractivity contribution in [2.45, 2.75) is 11.4 Å². The number of esters is 1. The summed E-state index contributed by atoms with van der Waals surface area (Å²) < 4.78 is 31.9. The van der Waals surface area contributed by atoms with E-state index in [2.05, 4.69) is 14.6 Å². The monoisotopic (exact) mass is 409 g/mol. The summed E-state index contributed by atoms with van der Waals surface area (Å²) in [6.45, 7) is 2.67. The predicted molar refractivity (Wildman–Crippen MR) is 101 cm³/mol. The van der Waals surface area contributed by atoms with Crippen molar-refractivity contribution >= 4 is 27.6 Å². The maximum atomic E-state index is 13.0. The van der Waals surface area contributed by atoms with Crippen LogP contribution in [0, 0.1) is 0 Å². The number of benzene rings is 1. The van der Waals surface area contributed by atoms with Crippen LogP contribution in [0.5, 0.6) is 0 Å². The summed E-state index contributed by atoms with van der Waals surface area (Å²) in [5.41, 5.74) is 1.23.